The highest BCUT2D eigenvalue weighted by Gasteiger charge is 2.25. The van der Waals surface area contributed by atoms with Crippen LogP contribution in [0.2, 0.25) is 0 Å². The molecule has 0 atom stereocenters. The van der Waals surface area contributed by atoms with Crippen LogP contribution in [0.15, 0.2) is 41.8 Å². The Bertz CT molecular complexity index is 1050. The van der Waals surface area contributed by atoms with Crippen LogP contribution in [0.4, 0.5) is 0 Å². The van der Waals surface area contributed by atoms with Crippen LogP contribution in [-0.2, 0) is 11.2 Å². The molecule has 0 saturated carbocycles. The lowest BCUT2D eigenvalue weighted by molar-refractivity contribution is 0.0556. The molecule has 128 valence electrons. The van der Waals surface area contributed by atoms with Crippen molar-refractivity contribution in [3.63, 3.8) is 0 Å². The molecule has 2 aromatic heterocycles. The number of esters is 1. The maximum absolute atomic E-state index is 12.7. The van der Waals surface area contributed by atoms with E-state index in [-0.39, 0.29) is 6.61 Å². The van der Waals surface area contributed by atoms with Crippen LogP contribution in [0.25, 0.3) is 22.6 Å². The molecular formula is C21H16N2O2S. The van der Waals surface area contributed by atoms with E-state index >= 15 is 0 Å². The van der Waals surface area contributed by atoms with Crippen LogP contribution >= 0.6 is 11.3 Å². The first-order valence-corrected chi connectivity index (χ1v) is 9.36. The van der Waals surface area contributed by atoms with Gasteiger partial charge in [-0.3, -0.25) is 0 Å². The number of allylic oxidation sites excluding steroid dienone is 1. The number of hydrogen-bond donors (Lipinski definition) is 0. The Labute approximate surface area is 155 Å². The van der Waals surface area contributed by atoms with Crippen molar-refractivity contribution < 1.29 is 9.53 Å². The van der Waals surface area contributed by atoms with Gasteiger partial charge in [-0.1, -0.05) is 24.3 Å². The summed E-state index contributed by atoms with van der Waals surface area (Å²) in [4.78, 5) is 18.7. The van der Waals surface area contributed by atoms with E-state index in [1.165, 1.54) is 4.88 Å². The van der Waals surface area contributed by atoms with E-state index < -0.39 is 5.97 Å². The molecule has 0 fully saturated rings. The lowest BCUT2D eigenvalue weighted by Crippen LogP contribution is -2.15. The number of fused-ring (bicyclic) bond motifs is 2. The molecule has 0 unspecified atom stereocenters. The first-order chi connectivity index (χ1) is 12.8. The molecule has 4 nitrogen and oxygen atoms in total. The molecule has 26 heavy (non-hydrogen) atoms. The van der Waals surface area contributed by atoms with Crippen LogP contribution in [0, 0.1) is 11.3 Å². The normalized spacial score (nSPS) is 14.8. The fraction of sp³-hybridized carbons (Fsp3) is 0.190. The molecule has 0 bridgehead atoms. The summed E-state index contributed by atoms with van der Waals surface area (Å²) in [5.41, 5.74) is 4.29. The number of nitriles is 1. The van der Waals surface area contributed by atoms with Gasteiger partial charge in [0.15, 0.2) is 6.61 Å². The van der Waals surface area contributed by atoms with Gasteiger partial charge in [-0.15, -0.1) is 11.3 Å². The third kappa shape index (κ3) is 3.00. The number of carbonyl (C=O) groups is 1. The minimum absolute atomic E-state index is 0.248. The predicted molar refractivity (Wildman–Crippen MR) is 103 cm³/mol. The van der Waals surface area contributed by atoms with Crippen LogP contribution in [-0.4, -0.2) is 17.6 Å². The van der Waals surface area contributed by atoms with Crippen LogP contribution < -0.4 is 0 Å². The van der Waals surface area contributed by atoms with Crippen LogP contribution in [0.5, 0.6) is 0 Å². The SMILES string of the molecule is N#CCOC(=O)c1c2c(nc3ccccc13)C(=Cc1cccs1)CCC2. The van der Waals surface area contributed by atoms with Crippen molar-refractivity contribution in [2.24, 2.45) is 0 Å². The van der Waals surface area contributed by atoms with Crippen molar-refractivity contribution in [2.45, 2.75) is 19.3 Å². The Kier molecular flexibility index (Phi) is 4.51. The molecule has 3 aromatic rings. The molecule has 1 aliphatic carbocycles. The van der Waals surface area contributed by atoms with Crippen molar-refractivity contribution >= 4 is 39.9 Å². The monoisotopic (exact) mass is 360 g/mol. The topological polar surface area (TPSA) is 63.0 Å². The van der Waals surface area contributed by atoms with Gasteiger partial charge in [-0.2, -0.15) is 5.26 Å². The number of nitrogens with zero attached hydrogens (tertiary/aromatic N) is 2. The molecule has 5 heteroatoms. The summed E-state index contributed by atoms with van der Waals surface area (Å²) < 4.78 is 5.15. The van der Waals surface area contributed by atoms with Gasteiger partial charge in [0.1, 0.15) is 6.07 Å². The van der Waals surface area contributed by atoms with E-state index in [1.807, 2.05) is 36.4 Å². The van der Waals surface area contributed by atoms with Crippen LogP contribution in [0.1, 0.15) is 39.3 Å². The highest BCUT2D eigenvalue weighted by Crippen LogP contribution is 2.36. The number of thiophene rings is 1. The molecule has 1 aliphatic rings. The lowest BCUT2D eigenvalue weighted by atomic mass is 9.86. The largest absolute Gasteiger partial charge is 0.447 e. The highest BCUT2D eigenvalue weighted by molar-refractivity contribution is 7.10. The number of para-hydroxylation sites is 1. The molecule has 0 aliphatic heterocycles. The average molecular weight is 360 g/mol. The van der Waals surface area contributed by atoms with Gasteiger partial charge in [-0.05, 0) is 54.0 Å². The summed E-state index contributed by atoms with van der Waals surface area (Å²) >= 11 is 1.68. The van der Waals surface area contributed by atoms with E-state index in [1.54, 1.807) is 11.3 Å². The molecule has 0 amide bonds. The Morgan fingerprint density at radius 1 is 1.27 bits per heavy atom. The summed E-state index contributed by atoms with van der Waals surface area (Å²) in [6.07, 6.45) is 4.84. The molecule has 2 heterocycles. The molecule has 0 saturated heterocycles. The minimum atomic E-state index is -0.446. The number of rotatable bonds is 3. The van der Waals surface area contributed by atoms with Gasteiger partial charge in [0.2, 0.25) is 0 Å². The fourth-order valence-electron chi connectivity index (χ4n) is 3.42. The van der Waals surface area contributed by atoms with E-state index in [2.05, 4.69) is 17.5 Å². The molecule has 4 rings (SSSR count). The molecular weight excluding hydrogens is 344 g/mol. The van der Waals surface area contributed by atoms with Gasteiger partial charge in [0.25, 0.3) is 0 Å². The third-order valence-corrected chi connectivity index (χ3v) is 5.32. The highest BCUT2D eigenvalue weighted by atomic mass is 32.1. The second-order valence-electron chi connectivity index (χ2n) is 6.10. The van der Waals surface area contributed by atoms with Crippen molar-refractivity contribution in [1.29, 1.82) is 5.26 Å². The average Bonchev–Trinajstić information content (AvgIpc) is 3.18. The van der Waals surface area contributed by atoms with E-state index in [0.717, 1.165) is 47.0 Å². The zero-order valence-corrected chi connectivity index (χ0v) is 14.9. The van der Waals surface area contributed by atoms with E-state index in [9.17, 15) is 4.79 Å². The smallest absolute Gasteiger partial charge is 0.340 e. The third-order valence-electron chi connectivity index (χ3n) is 4.50. The van der Waals surface area contributed by atoms with Gasteiger partial charge in [0, 0.05) is 10.3 Å². The van der Waals surface area contributed by atoms with Crippen molar-refractivity contribution in [3.8, 4) is 6.07 Å². The van der Waals surface area contributed by atoms with Crippen molar-refractivity contribution in [3.05, 3.63) is 63.5 Å². The molecule has 0 radical (unpaired) electrons. The second-order valence-corrected chi connectivity index (χ2v) is 7.08. The van der Waals surface area contributed by atoms with Crippen molar-refractivity contribution in [1.82, 2.24) is 4.98 Å². The summed E-state index contributed by atoms with van der Waals surface area (Å²) in [5, 5.41) is 11.6. The molecule has 0 spiro atoms. The zero-order valence-electron chi connectivity index (χ0n) is 14.1. The van der Waals surface area contributed by atoms with Crippen molar-refractivity contribution in [2.75, 3.05) is 6.61 Å². The van der Waals surface area contributed by atoms with E-state index in [0.29, 0.717) is 5.56 Å². The number of benzene rings is 1. The first-order valence-electron chi connectivity index (χ1n) is 8.48. The van der Waals surface area contributed by atoms with Gasteiger partial charge >= 0.3 is 5.97 Å². The second kappa shape index (κ2) is 7.11. The first kappa shape index (κ1) is 16.5. The molecule has 0 N–H and O–H groups in total. The molecule has 1 aromatic carbocycles. The minimum Gasteiger partial charge on any atom is -0.447 e. The summed E-state index contributed by atoms with van der Waals surface area (Å²) in [6, 6.07) is 13.6. The Morgan fingerprint density at radius 3 is 2.96 bits per heavy atom. The predicted octanol–water partition coefficient (Wildman–Crippen LogP) is 4.85. The number of pyridine rings is 1. The van der Waals surface area contributed by atoms with E-state index in [4.69, 9.17) is 15.0 Å². The lowest BCUT2D eigenvalue weighted by Gasteiger charge is -2.22. The number of aromatic nitrogens is 1. The Hall–Kier alpha value is -2.97. The number of ether oxygens (including phenoxy) is 1. The van der Waals surface area contributed by atoms with Gasteiger partial charge in [0.05, 0.1) is 16.8 Å². The van der Waals surface area contributed by atoms with Crippen LogP contribution in [0.3, 0.4) is 0 Å². The quantitative estimate of drug-likeness (QED) is 0.626. The number of hydrogen-bond acceptors (Lipinski definition) is 5. The summed E-state index contributed by atoms with van der Waals surface area (Å²) in [6.45, 7) is -0.248. The summed E-state index contributed by atoms with van der Waals surface area (Å²) in [5.74, 6) is -0.446. The Balaban J connectivity index is 1.93. The maximum Gasteiger partial charge on any atom is 0.340 e. The number of carbonyl (C=O) groups excluding carboxylic acids is 1. The zero-order chi connectivity index (χ0) is 17.9. The Morgan fingerprint density at radius 2 is 2.15 bits per heavy atom. The van der Waals surface area contributed by atoms with Gasteiger partial charge < -0.3 is 4.74 Å². The van der Waals surface area contributed by atoms with Gasteiger partial charge in [-0.25, -0.2) is 9.78 Å². The summed E-state index contributed by atoms with van der Waals surface area (Å²) in [7, 11) is 0. The maximum atomic E-state index is 12.7. The standard InChI is InChI=1S/C21H16N2O2S/c22-10-11-25-21(24)19-16-7-1-2-9-18(16)23-20-14(5-3-8-17(19)20)13-15-6-4-12-26-15/h1-2,4,6-7,9,12-13H,3,5,8,11H2. The fourth-order valence-corrected chi connectivity index (χ4v) is 4.10.